The minimum absolute atomic E-state index is 1.24. The second-order valence-corrected chi connectivity index (χ2v) is 6.39. The molecule has 0 N–H and O–H groups in total. The van der Waals surface area contributed by atoms with Gasteiger partial charge in [-0.15, -0.1) is 0 Å². The molecule has 1 nitrogen and oxygen atoms in total. The molecule has 0 bridgehead atoms. The maximum Gasteiger partial charge on any atom is -0.00248 e. The van der Waals surface area contributed by atoms with Crippen molar-refractivity contribution in [3.05, 3.63) is 12.2 Å². The van der Waals surface area contributed by atoms with Gasteiger partial charge in [-0.05, 0) is 52.7 Å². The Hall–Kier alpha value is -0.300. The molecule has 0 aliphatic heterocycles. The van der Waals surface area contributed by atoms with Crippen molar-refractivity contribution in [2.45, 2.75) is 90.4 Å². The summed E-state index contributed by atoms with van der Waals surface area (Å²) in [5.74, 6) is 0. The van der Waals surface area contributed by atoms with Gasteiger partial charge in [0.15, 0.2) is 0 Å². The van der Waals surface area contributed by atoms with Gasteiger partial charge in [-0.3, -0.25) is 0 Å². The van der Waals surface area contributed by atoms with Crippen LogP contribution < -0.4 is 0 Å². The van der Waals surface area contributed by atoms with Gasteiger partial charge in [0.2, 0.25) is 0 Å². The lowest BCUT2D eigenvalue weighted by atomic mass is 10.1. The Kier molecular flexibility index (Phi) is 16.5. The lowest BCUT2D eigenvalue weighted by Crippen LogP contribution is -2.12. The van der Waals surface area contributed by atoms with Crippen LogP contribution in [0.2, 0.25) is 0 Å². The third-order valence-corrected chi connectivity index (χ3v) is 3.87. The van der Waals surface area contributed by atoms with E-state index < -0.39 is 0 Å². The van der Waals surface area contributed by atoms with Crippen molar-refractivity contribution in [1.82, 2.24) is 4.90 Å². The highest BCUT2D eigenvalue weighted by atomic mass is 15.0. The largest absolute Gasteiger partial charge is 0.309 e. The summed E-state index contributed by atoms with van der Waals surface area (Å²) >= 11 is 0. The number of nitrogens with zero attached hydrogens (tertiary/aromatic N) is 1. The average molecular weight is 282 g/mol. The minimum Gasteiger partial charge on any atom is -0.309 e. The van der Waals surface area contributed by atoms with Crippen LogP contribution in [0.3, 0.4) is 0 Å². The zero-order valence-electron chi connectivity index (χ0n) is 14.5. The zero-order chi connectivity index (χ0) is 14.9. The first-order valence-corrected chi connectivity index (χ1v) is 9.07. The molecule has 0 unspecified atom stereocenters. The van der Waals surface area contributed by atoms with E-state index in [1.807, 2.05) is 0 Å². The van der Waals surface area contributed by atoms with Crippen LogP contribution in [0.5, 0.6) is 0 Å². The first kappa shape index (κ1) is 19.7. The summed E-state index contributed by atoms with van der Waals surface area (Å²) in [7, 11) is 4.31. The van der Waals surface area contributed by atoms with Crippen molar-refractivity contribution in [3.63, 3.8) is 0 Å². The van der Waals surface area contributed by atoms with Crippen molar-refractivity contribution in [1.29, 1.82) is 0 Å². The van der Waals surface area contributed by atoms with E-state index in [0.29, 0.717) is 0 Å². The highest BCUT2D eigenvalue weighted by Crippen LogP contribution is 2.10. The molecule has 120 valence electrons. The molecule has 0 aromatic heterocycles. The van der Waals surface area contributed by atoms with Crippen molar-refractivity contribution < 1.29 is 0 Å². The Morgan fingerprint density at radius 1 is 0.600 bits per heavy atom. The Morgan fingerprint density at radius 2 is 1.05 bits per heavy atom. The van der Waals surface area contributed by atoms with Crippen molar-refractivity contribution in [2.75, 3.05) is 20.6 Å². The molecule has 20 heavy (non-hydrogen) atoms. The molecule has 0 aromatic rings. The minimum atomic E-state index is 1.24. The zero-order valence-corrected chi connectivity index (χ0v) is 14.5. The SMILES string of the molecule is CCCCCCCCCC/C=C/CCCCCN(C)C. The molecule has 0 aliphatic carbocycles. The first-order chi connectivity index (χ1) is 9.77. The Morgan fingerprint density at radius 3 is 1.55 bits per heavy atom. The van der Waals surface area contributed by atoms with Crippen LogP contribution in [0.4, 0.5) is 0 Å². The lowest BCUT2D eigenvalue weighted by Gasteiger charge is -2.07. The summed E-state index contributed by atoms with van der Waals surface area (Å²) in [4.78, 5) is 2.28. The summed E-state index contributed by atoms with van der Waals surface area (Å²) < 4.78 is 0. The molecular formula is C19H39N. The van der Waals surface area contributed by atoms with Gasteiger partial charge in [0.1, 0.15) is 0 Å². The fourth-order valence-corrected chi connectivity index (χ4v) is 2.50. The summed E-state index contributed by atoms with van der Waals surface area (Å²) in [6.07, 6.45) is 22.9. The van der Waals surface area contributed by atoms with E-state index in [2.05, 4.69) is 38.1 Å². The van der Waals surface area contributed by atoms with Gasteiger partial charge in [0, 0.05) is 0 Å². The maximum atomic E-state index is 2.41. The maximum absolute atomic E-state index is 2.41. The standard InChI is InChI=1S/C19H39N/c1-4-5-6-7-8-9-10-11-12-13-14-15-16-17-18-19-20(2)3/h13-14H,4-12,15-19H2,1-3H3/b14-13+. The van der Waals surface area contributed by atoms with E-state index in [-0.39, 0.29) is 0 Å². The fraction of sp³-hybridized carbons (Fsp3) is 0.895. The van der Waals surface area contributed by atoms with E-state index in [9.17, 15) is 0 Å². The third kappa shape index (κ3) is 17.7. The molecule has 0 radical (unpaired) electrons. The van der Waals surface area contributed by atoms with Crippen LogP contribution in [-0.2, 0) is 0 Å². The monoisotopic (exact) mass is 281 g/mol. The van der Waals surface area contributed by atoms with E-state index in [0.717, 1.165) is 0 Å². The summed E-state index contributed by atoms with van der Waals surface area (Å²) in [5.41, 5.74) is 0. The molecule has 0 fully saturated rings. The predicted molar refractivity (Wildman–Crippen MR) is 93.4 cm³/mol. The number of rotatable bonds is 15. The molecule has 0 aliphatic rings. The van der Waals surface area contributed by atoms with Gasteiger partial charge < -0.3 is 4.90 Å². The smallest absolute Gasteiger partial charge is 0.00248 e. The molecular weight excluding hydrogens is 242 g/mol. The van der Waals surface area contributed by atoms with Gasteiger partial charge >= 0.3 is 0 Å². The van der Waals surface area contributed by atoms with Gasteiger partial charge in [-0.2, -0.15) is 0 Å². The summed E-state index contributed by atoms with van der Waals surface area (Å²) in [6.45, 7) is 3.52. The Bertz CT molecular complexity index is 196. The Labute approximate surface area is 128 Å². The number of hydrogen-bond acceptors (Lipinski definition) is 1. The van der Waals surface area contributed by atoms with Crippen LogP contribution in [0.15, 0.2) is 12.2 Å². The van der Waals surface area contributed by atoms with Crippen molar-refractivity contribution in [3.8, 4) is 0 Å². The van der Waals surface area contributed by atoms with Crippen LogP contribution >= 0.6 is 0 Å². The highest BCUT2D eigenvalue weighted by Gasteiger charge is 1.91. The van der Waals surface area contributed by atoms with Gasteiger partial charge in [0.25, 0.3) is 0 Å². The molecule has 0 rings (SSSR count). The number of unbranched alkanes of at least 4 members (excludes halogenated alkanes) is 11. The van der Waals surface area contributed by atoms with Crippen molar-refractivity contribution in [2.24, 2.45) is 0 Å². The van der Waals surface area contributed by atoms with Crippen LogP contribution in [0.1, 0.15) is 90.4 Å². The van der Waals surface area contributed by atoms with E-state index in [1.54, 1.807) is 0 Å². The molecule has 0 saturated heterocycles. The topological polar surface area (TPSA) is 3.24 Å². The molecule has 0 heterocycles. The molecule has 0 aromatic carbocycles. The van der Waals surface area contributed by atoms with Gasteiger partial charge in [0.05, 0.1) is 0 Å². The third-order valence-electron chi connectivity index (χ3n) is 3.87. The summed E-state index contributed by atoms with van der Waals surface area (Å²) in [5, 5.41) is 0. The van der Waals surface area contributed by atoms with E-state index in [1.165, 1.54) is 90.0 Å². The molecule has 1 heteroatoms. The van der Waals surface area contributed by atoms with Crippen LogP contribution in [-0.4, -0.2) is 25.5 Å². The second kappa shape index (κ2) is 16.8. The Balaban J connectivity index is 3.05. The predicted octanol–water partition coefficient (Wildman–Crippen LogP) is 6.20. The first-order valence-electron chi connectivity index (χ1n) is 9.07. The highest BCUT2D eigenvalue weighted by molar-refractivity contribution is 4.81. The van der Waals surface area contributed by atoms with E-state index >= 15 is 0 Å². The quantitative estimate of drug-likeness (QED) is 0.255. The molecule has 0 atom stereocenters. The van der Waals surface area contributed by atoms with E-state index in [4.69, 9.17) is 0 Å². The van der Waals surface area contributed by atoms with Crippen molar-refractivity contribution >= 4 is 0 Å². The van der Waals surface area contributed by atoms with Crippen LogP contribution in [0, 0.1) is 0 Å². The summed E-state index contributed by atoms with van der Waals surface area (Å²) in [6, 6.07) is 0. The second-order valence-electron chi connectivity index (χ2n) is 6.39. The molecule has 0 saturated carbocycles. The molecule has 0 spiro atoms. The fourth-order valence-electron chi connectivity index (χ4n) is 2.50. The number of allylic oxidation sites excluding steroid dienone is 2. The van der Waals surface area contributed by atoms with Crippen LogP contribution in [0.25, 0.3) is 0 Å². The molecule has 0 amide bonds. The van der Waals surface area contributed by atoms with Gasteiger partial charge in [-0.25, -0.2) is 0 Å². The average Bonchev–Trinajstić information content (AvgIpc) is 2.43. The number of hydrogen-bond donors (Lipinski definition) is 0. The van der Waals surface area contributed by atoms with Gasteiger partial charge in [-0.1, -0.05) is 70.4 Å². The normalized spacial score (nSPS) is 11.8. The lowest BCUT2D eigenvalue weighted by molar-refractivity contribution is 0.392.